The summed E-state index contributed by atoms with van der Waals surface area (Å²) in [5.41, 5.74) is 0. The second-order valence-corrected chi connectivity index (χ2v) is 5.47. The van der Waals surface area contributed by atoms with E-state index in [1.165, 1.54) is 0 Å². The first-order chi connectivity index (χ1) is 5.41. The quantitative estimate of drug-likeness (QED) is 0.450. The molecule has 1 heterocycles. The minimum absolute atomic E-state index is 0.108. The van der Waals surface area contributed by atoms with Crippen LogP contribution in [0.5, 0.6) is 0 Å². The van der Waals surface area contributed by atoms with Crippen LogP contribution < -0.4 is 0 Å². The van der Waals surface area contributed by atoms with Gasteiger partial charge in [-0.2, -0.15) is 0 Å². The van der Waals surface area contributed by atoms with Gasteiger partial charge in [0.1, 0.15) is 8.60 Å². The Morgan fingerprint density at radius 3 is 2.58 bits per heavy atom. The predicted octanol–water partition coefficient (Wildman–Crippen LogP) is 1.75. The summed E-state index contributed by atoms with van der Waals surface area (Å²) in [6, 6.07) is 0.830. The molecule has 0 saturated heterocycles. The third-order valence-electron chi connectivity index (χ3n) is 1.05. The van der Waals surface area contributed by atoms with E-state index in [0.717, 1.165) is 12.3 Å². The van der Waals surface area contributed by atoms with Crippen molar-refractivity contribution in [3.63, 3.8) is 0 Å². The highest BCUT2D eigenvalue weighted by Crippen LogP contribution is 2.16. The Morgan fingerprint density at radius 2 is 2.17 bits per heavy atom. The van der Waals surface area contributed by atoms with E-state index in [2.05, 4.69) is 4.98 Å². The highest BCUT2D eigenvalue weighted by atomic mass is 127. The van der Waals surface area contributed by atoms with Crippen LogP contribution in [-0.2, 0) is 9.05 Å². The number of hydrogen-bond donors (Lipinski definition) is 0. The Kier molecular flexibility index (Phi) is 2.89. The van der Waals surface area contributed by atoms with Crippen molar-refractivity contribution in [2.45, 2.75) is 4.90 Å². The van der Waals surface area contributed by atoms with Crippen molar-refractivity contribution in [1.82, 2.24) is 4.98 Å². The van der Waals surface area contributed by atoms with Crippen molar-refractivity contribution in [2.24, 2.45) is 0 Å². The first-order valence-electron chi connectivity index (χ1n) is 2.67. The fourth-order valence-electron chi connectivity index (χ4n) is 0.537. The van der Waals surface area contributed by atoms with Crippen LogP contribution in [0.2, 0.25) is 0 Å². The number of pyridine rings is 1. The molecule has 0 radical (unpaired) electrons. The van der Waals surface area contributed by atoms with Crippen LogP contribution in [0, 0.1) is 9.52 Å². The Labute approximate surface area is 86.5 Å². The second-order valence-electron chi connectivity index (χ2n) is 1.88. The van der Waals surface area contributed by atoms with Gasteiger partial charge < -0.3 is 0 Å². The van der Waals surface area contributed by atoms with E-state index in [-0.39, 0.29) is 8.60 Å². The first kappa shape index (κ1) is 10.1. The van der Waals surface area contributed by atoms with Gasteiger partial charge in [-0.05, 0) is 28.7 Å². The molecule has 0 aliphatic rings. The van der Waals surface area contributed by atoms with Crippen molar-refractivity contribution in [2.75, 3.05) is 0 Å². The van der Waals surface area contributed by atoms with Crippen molar-refractivity contribution < 1.29 is 12.8 Å². The maximum atomic E-state index is 12.7. The summed E-state index contributed by atoms with van der Waals surface area (Å²) < 4.78 is 34.1. The van der Waals surface area contributed by atoms with E-state index in [1.54, 1.807) is 22.6 Å². The molecule has 0 saturated carbocycles. The SMILES string of the molecule is O=S(=O)(Cl)c1cnc(I)c(F)c1. The zero-order valence-corrected chi connectivity index (χ0v) is 9.19. The average Bonchev–Trinajstić information content (AvgIpc) is 1.92. The number of rotatable bonds is 1. The molecule has 1 aromatic rings. The third kappa shape index (κ3) is 2.27. The Bertz CT molecular complexity index is 408. The van der Waals surface area contributed by atoms with E-state index in [9.17, 15) is 12.8 Å². The van der Waals surface area contributed by atoms with Gasteiger partial charge in [-0.1, -0.05) is 0 Å². The highest BCUT2D eigenvalue weighted by Gasteiger charge is 2.12. The average molecular weight is 321 g/mol. The lowest BCUT2D eigenvalue weighted by atomic mass is 10.5. The number of aromatic nitrogens is 1. The normalized spacial score (nSPS) is 11.6. The number of nitrogens with zero attached hydrogens (tertiary/aromatic N) is 1. The maximum Gasteiger partial charge on any atom is 0.262 e. The van der Waals surface area contributed by atoms with Crippen LogP contribution in [-0.4, -0.2) is 13.4 Å². The van der Waals surface area contributed by atoms with Crippen LogP contribution in [0.4, 0.5) is 4.39 Å². The van der Waals surface area contributed by atoms with Crippen LogP contribution in [0.15, 0.2) is 17.2 Å². The first-order valence-corrected chi connectivity index (χ1v) is 6.06. The molecule has 0 N–H and O–H groups in total. The summed E-state index contributed by atoms with van der Waals surface area (Å²) in [6.45, 7) is 0. The van der Waals surface area contributed by atoms with Gasteiger partial charge in [-0.25, -0.2) is 17.8 Å². The van der Waals surface area contributed by atoms with E-state index < -0.39 is 14.9 Å². The lowest BCUT2D eigenvalue weighted by molar-refractivity contribution is 0.594. The molecule has 0 amide bonds. The smallest absolute Gasteiger partial charge is 0.246 e. The number of halogens is 3. The predicted molar refractivity (Wildman–Crippen MR) is 50.0 cm³/mol. The Morgan fingerprint density at radius 1 is 1.58 bits per heavy atom. The summed E-state index contributed by atoms with van der Waals surface area (Å²) >= 11 is 1.65. The van der Waals surface area contributed by atoms with Gasteiger partial charge in [0.25, 0.3) is 9.05 Å². The summed E-state index contributed by atoms with van der Waals surface area (Å²) in [5.74, 6) is -0.697. The summed E-state index contributed by atoms with van der Waals surface area (Å²) in [6.07, 6.45) is 1.01. The molecule has 0 aliphatic carbocycles. The molecule has 0 aromatic carbocycles. The van der Waals surface area contributed by atoms with Crippen molar-refractivity contribution in [3.05, 3.63) is 21.8 Å². The lowest BCUT2D eigenvalue weighted by Crippen LogP contribution is -1.95. The highest BCUT2D eigenvalue weighted by molar-refractivity contribution is 14.1. The molecule has 1 rings (SSSR count). The van der Waals surface area contributed by atoms with Crippen molar-refractivity contribution in [1.29, 1.82) is 0 Å². The fourth-order valence-corrected chi connectivity index (χ4v) is 1.51. The van der Waals surface area contributed by atoms with E-state index in [0.29, 0.717) is 0 Å². The summed E-state index contributed by atoms with van der Waals surface area (Å²) in [4.78, 5) is 3.16. The molecule has 3 nitrogen and oxygen atoms in total. The minimum Gasteiger partial charge on any atom is -0.246 e. The zero-order chi connectivity index (χ0) is 9.35. The molecule has 0 unspecified atom stereocenters. The standard InChI is InChI=1S/C5H2ClFINO2S/c6-12(10,11)3-1-4(7)5(8)9-2-3/h1-2H. The molecular formula is C5H2ClFINO2S. The molecule has 0 spiro atoms. The van der Waals surface area contributed by atoms with Gasteiger partial charge in [0.05, 0.1) is 0 Å². The van der Waals surface area contributed by atoms with Gasteiger partial charge in [-0.15, -0.1) is 0 Å². The van der Waals surface area contributed by atoms with E-state index >= 15 is 0 Å². The molecule has 7 heteroatoms. The Balaban J connectivity index is 3.33. The van der Waals surface area contributed by atoms with Crippen molar-refractivity contribution in [3.8, 4) is 0 Å². The molecule has 1 aromatic heterocycles. The van der Waals surface area contributed by atoms with Gasteiger partial charge in [0.2, 0.25) is 0 Å². The largest absolute Gasteiger partial charge is 0.262 e. The molecule has 0 atom stereocenters. The summed E-state index contributed by atoms with van der Waals surface area (Å²) in [5, 5.41) is 0. The van der Waals surface area contributed by atoms with Gasteiger partial charge in [0.15, 0.2) is 5.82 Å². The van der Waals surface area contributed by atoms with Gasteiger partial charge in [0, 0.05) is 16.9 Å². The van der Waals surface area contributed by atoms with Crippen LogP contribution in [0.1, 0.15) is 0 Å². The van der Waals surface area contributed by atoms with Crippen molar-refractivity contribution >= 4 is 42.3 Å². The van der Waals surface area contributed by atoms with E-state index in [4.69, 9.17) is 10.7 Å². The van der Waals surface area contributed by atoms with E-state index in [1.807, 2.05) is 0 Å². The molecule has 0 aliphatic heterocycles. The monoisotopic (exact) mass is 321 g/mol. The van der Waals surface area contributed by atoms with Gasteiger partial charge >= 0.3 is 0 Å². The van der Waals surface area contributed by atoms with Crippen LogP contribution in [0.3, 0.4) is 0 Å². The molecule has 0 bridgehead atoms. The van der Waals surface area contributed by atoms with Crippen LogP contribution in [0.25, 0.3) is 0 Å². The third-order valence-corrected chi connectivity index (χ3v) is 3.17. The minimum atomic E-state index is -3.88. The van der Waals surface area contributed by atoms with Gasteiger partial charge in [-0.3, -0.25) is 0 Å². The molecule has 0 fully saturated rings. The molecular weight excluding hydrogens is 319 g/mol. The molecule has 12 heavy (non-hydrogen) atoms. The second kappa shape index (κ2) is 3.43. The Hall–Kier alpha value is 0.0500. The lowest BCUT2D eigenvalue weighted by Gasteiger charge is -1.96. The summed E-state index contributed by atoms with van der Waals surface area (Å²) in [7, 11) is 1.07. The zero-order valence-electron chi connectivity index (χ0n) is 5.46. The topological polar surface area (TPSA) is 47.0 Å². The molecule has 66 valence electrons. The number of hydrogen-bond acceptors (Lipinski definition) is 3. The maximum absolute atomic E-state index is 12.7. The van der Waals surface area contributed by atoms with Crippen LogP contribution >= 0.6 is 33.3 Å². The fraction of sp³-hybridized carbons (Fsp3) is 0.